The topological polar surface area (TPSA) is 52.6 Å². The van der Waals surface area contributed by atoms with E-state index >= 15 is 0 Å². The molecule has 0 aliphatic rings. The first kappa shape index (κ1) is 17.7. The first-order valence-electron chi connectivity index (χ1n) is 7.16. The molecule has 0 fully saturated rings. The van der Waals surface area contributed by atoms with E-state index in [-0.39, 0.29) is 23.5 Å². The van der Waals surface area contributed by atoms with Crippen LogP contribution in [-0.2, 0) is 13.6 Å². The van der Waals surface area contributed by atoms with Gasteiger partial charge in [-0.25, -0.2) is 0 Å². The number of carbonyl (C=O) groups excluding carboxylic acids is 2. The lowest BCUT2D eigenvalue weighted by atomic mass is 10.0. The molecule has 0 heterocycles. The molecule has 0 bridgehead atoms. The summed E-state index contributed by atoms with van der Waals surface area (Å²) in [5.74, 6) is -0.320. The SMILES string of the molecule is CCC(=O)C(C(=O)c1ccccc1)[Si](OC)(OC)C(C)C. The first-order chi connectivity index (χ1) is 9.94. The smallest absolute Gasteiger partial charge is 0.359 e. The third-order valence-corrected chi connectivity index (χ3v) is 8.11. The minimum absolute atomic E-state index is 0.0133. The highest BCUT2D eigenvalue weighted by molar-refractivity contribution is 6.78. The van der Waals surface area contributed by atoms with E-state index in [0.717, 1.165) is 0 Å². The summed E-state index contributed by atoms with van der Waals surface area (Å²) in [6.45, 7) is 5.64. The van der Waals surface area contributed by atoms with Gasteiger partial charge in [-0.15, -0.1) is 0 Å². The molecular weight excluding hydrogens is 284 g/mol. The molecular formula is C16H24O4Si. The maximum Gasteiger partial charge on any atom is 0.359 e. The van der Waals surface area contributed by atoms with Crippen molar-refractivity contribution in [2.45, 2.75) is 38.3 Å². The predicted octanol–water partition coefficient (Wildman–Crippen LogP) is 3.36. The molecule has 1 rings (SSSR count). The Balaban J connectivity index is 3.35. The van der Waals surface area contributed by atoms with Gasteiger partial charge in [0, 0.05) is 26.2 Å². The van der Waals surface area contributed by atoms with Gasteiger partial charge < -0.3 is 8.85 Å². The third kappa shape index (κ3) is 3.48. The maximum absolute atomic E-state index is 12.9. The third-order valence-electron chi connectivity index (χ3n) is 3.84. The van der Waals surface area contributed by atoms with Crippen molar-refractivity contribution in [3.8, 4) is 0 Å². The molecule has 0 amide bonds. The molecule has 0 saturated carbocycles. The molecule has 21 heavy (non-hydrogen) atoms. The van der Waals surface area contributed by atoms with E-state index < -0.39 is 14.1 Å². The molecule has 1 aromatic rings. The Labute approximate surface area is 127 Å². The normalized spacial score (nSPS) is 13.2. The molecule has 1 aromatic carbocycles. The molecule has 1 unspecified atom stereocenters. The molecule has 0 saturated heterocycles. The van der Waals surface area contributed by atoms with Crippen molar-refractivity contribution in [3.05, 3.63) is 35.9 Å². The van der Waals surface area contributed by atoms with E-state index in [1.54, 1.807) is 31.2 Å². The van der Waals surface area contributed by atoms with Crippen LogP contribution >= 0.6 is 0 Å². The molecule has 1 atom stereocenters. The van der Waals surface area contributed by atoms with E-state index in [0.29, 0.717) is 5.56 Å². The summed E-state index contributed by atoms with van der Waals surface area (Å²) in [6.07, 6.45) is 0.289. The Hall–Kier alpha value is -1.30. The van der Waals surface area contributed by atoms with Gasteiger partial charge in [0.25, 0.3) is 0 Å². The van der Waals surface area contributed by atoms with Crippen molar-refractivity contribution in [2.24, 2.45) is 0 Å². The second kappa shape index (κ2) is 7.63. The van der Waals surface area contributed by atoms with Crippen LogP contribution in [0, 0.1) is 0 Å². The van der Waals surface area contributed by atoms with Gasteiger partial charge >= 0.3 is 8.56 Å². The number of rotatable bonds is 8. The molecule has 0 spiro atoms. The van der Waals surface area contributed by atoms with Crippen LogP contribution in [0.2, 0.25) is 11.1 Å². The van der Waals surface area contributed by atoms with E-state index in [2.05, 4.69) is 0 Å². The predicted molar refractivity (Wildman–Crippen MR) is 84.7 cm³/mol. The fourth-order valence-electron chi connectivity index (χ4n) is 2.65. The van der Waals surface area contributed by atoms with Gasteiger partial charge in [-0.3, -0.25) is 9.59 Å². The van der Waals surface area contributed by atoms with Crippen molar-refractivity contribution in [1.29, 1.82) is 0 Å². The van der Waals surface area contributed by atoms with Crippen LogP contribution in [0.1, 0.15) is 37.6 Å². The molecule has 0 aliphatic heterocycles. The highest BCUT2D eigenvalue weighted by Gasteiger charge is 2.54. The Bertz CT molecular complexity index is 480. The summed E-state index contributed by atoms with van der Waals surface area (Å²) in [4.78, 5) is 25.3. The van der Waals surface area contributed by atoms with Crippen molar-refractivity contribution in [3.63, 3.8) is 0 Å². The molecule has 4 nitrogen and oxygen atoms in total. The largest absolute Gasteiger partial charge is 0.397 e. The number of hydrogen-bond donors (Lipinski definition) is 0. The number of Topliss-reactive ketones (excluding diaryl/α,β-unsaturated/α-hetero) is 2. The number of hydrogen-bond acceptors (Lipinski definition) is 4. The highest BCUT2D eigenvalue weighted by atomic mass is 28.4. The highest BCUT2D eigenvalue weighted by Crippen LogP contribution is 2.37. The number of carbonyl (C=O) groups is 2. The zero-order valence-electron chi connectivity index (χ0n) is 13.4. The molecule has 0 radical (unpaired) electrons. The summed E-state index contributed by atoms with van der Waals surface area (Å²) in [5, 5.41) is 0. The van der Waals surface area contributed by atoms with Crippen molar-refractivity contribution < 1.29 is 18.4 Å². The quantitative estimate of drug-likeness (QED) is 0.420. The molecule has 0 aliphatic carbocycles. The monoisotopic (exact) mass is 308 g/mol. The summed E-state index contributed by atoms with van der Waals surface area (Å²) < 4.78 is 11.3. The van der Waals surface area contributed by atoms with Gasteiger partial charge in [0.2, 0.25) is 0 Å². The lowest BCUT2D eigenvalue weighted by molar-refractivity contribution is -0.118. The van der Waals surface area contributed by atoms with Crippen LogP contribution in [0.25, 0.3) is 0 Å². The summed E-state index contributed by atoms with van der Waals surface area (Å²) in [7, 11) is 0.0841. The summed E-state index contributed by atoms with van der Waals surface area (Å²) >= 11 is 0. The van der Waals surface area contributed by atoms with Gasteiger partial charge in [-0.05, 0) is 5.54 Å². The molecule has 5 heteroatoms. The van der Waals surface area contributed by atoms with Crippen LogP contribution in [0.3, 0.4) is 0 Å². The summed E-state index contributed by atoms with van der Waals surface area (Å²) in [5.41, 5.74) is -0.323. The fourth-order valence-corrected chi connectivity index (χ4v) is 6.08. The van der Waals surface area contributed by atoms with Gasteiger partial charge in [0.1, 0.15) is 11.3 Å². The van der Waals surface area contributed by atoms with Gasteiger partial charge in [0.15, 0.2) is 5.78 Å². The minimum atomic E-state index is -2.98. The Kier molecular flexibility index (Phi) is 6.45. The van der Waals surface area contributed by atoms with Crippen molar-refractivity contribution in [2.75, 3.05) is 14.2 Å². The zero-order chi connectivity index (χ0) is 16.0. The Morgan fingerprint density at radius 3 is 2.00 bits per heavy atom. The van der Waals surface area contributed by atoms with E-state index in [1.165, 1.54) is 14.2 Å². The molecule has 116 valence electrons. The van der Waals surface area contributed by atoms with Crippen molar-refractivity contribution >= 4 is 20.1 Å². The van der Waals surface area contributed by atoms with E-state index in [1.807, 2.05) is 19.9 Å². The number of benzene rings is 1. The van der Waals surface area contributed by atoms with Crippen molar-refractivity contribution in [1.82, 2.24) is 0 Å². The molecule has 0 N–H and O–H groups in total. The Morgan fingerprint density at radius 1 is 1.10 bits per heavy atom. The molecule has 0 aromatic heterocycles. The zero-order valence-corrected chi connectivity index (χ0v) is 14.4. The van der Waals surface area contributed by atoms with Gasteiger partial charge in [0.05, 0.1) is 0 Å². The average Bonchev–Trinajstić information content (AvgIpc) is 2.52. The standard InChI is InChI=1S/C16H24O4Si/c1-6-14(17)16(21(19-4,20-5)12(2)3)15(18)13-10-8-7-9-11-13/h7-12,16H,6H2,1-5H3. The van der Waals surface area contributed by atoms with Crippen LogP contribution in [0.15, 0.2) is 30.3 Å². The second-order valence-corrected chi connectivity index (χ2v) is 9.26. The minimum Gasteiger partial charge on any atom is -0.397 e. The lowest BCUT2D eigenvalue weighted by Gasteiger charge is -2.36. The van der Waals surface area contributed by atoms with Crippen LogP contribution in [0.4, 0.5) is 0 Å². The van der Waals surface area contributed by atoms with E-state index in [4.69, 9.17) is 8.85 Å². The van der Waals surface area contributed by atoms with Crippen LogP contribution in [-0.4, -0.2) is 34.3 Å². The van der Waals surface area contributed by atoms with Crippen LogP contribution in [0.5, 0.6) is 0 Å². The fraction of sp³-hybridized carbons (Fsp3) is 0.500. The number of ketones is 2. The van der Waals surface area contributed by atoms with E-state index in [9.17, 15) is 9.59 Å². The Morgan fingerprint density at radius 2 is 1.62 bits per heavy atom. The van der Waals surface area contributed by atoms with Gasteiger partial charge in [-0.2, -0.15) is 0 Å². The lowest BCUT2D eigenvalue weighted by Crippen LogP contribution is -2.53. The average molecular weight is 308 g/mol. The maximum atomic E-state index is 12.9. The first-order valence-corrected chi connectivity index (χ1v) is 9.13. The summed E-state index contributed by atoms with van der Waals surface area (Å²) in [6, 6.07) is 8.87. The van der Waals surface area contributed by atoms with Gasteiger partial charge in [-0.1, -0.05) is 51.1 Å². The van der Waals surface area contributed by atoms with Crippen LogP contribution < -0.4 is 0 Å². The second-order valence-electron chi connectivity index (χ2n) is 5.27.